The van der Waals surface area contributed by atoms with Crippen LogP contribution in [0.1, 0.15) is 39.0 Å². The summed E-state index contributed by atoms with van der Waals surface area (Å²) in [6.07, 6.45) is 6.32. The van der Waals surface area contributed by atoms with Gasteiger partial charge in [-0.25, -0.2) is 0 Å². The van der Waals surface area contributed by atoms with Gasteiger partial charge >= 0.3 is 0 Å². The summed E-state index contributed by atoms with van der Waals surface area (Å²) in [5.41, 5.74) is -0.106. The van der Waals surface area contributed by atoms with E-state index in [1.807, 2.05) is 7.05 Å². The molecule has 2 N–H and O–H groups in total. The van der Waals surface area contributed by atoms with Gasteiger partial charge in [0.05, 0.1) is 6.61 Å². The smallest absolute Gasteiger partial charge is 0.0610 e. The molecule has 2 saturated heterocycles. The van der Waals surface area contributed by atoms with Crippen molar-refractivity contribution in [1.29, 1.82) is 0 Å². The van der Waals surface area contributed by atoms with Crippen LogP contribution in [0.4, 0.5) is 0 Å². The number of aliphatic hydroxyl groups excluding tert-OH is 1. The molecule has 2 aliphatic rings. The summed E-state index contributed by atoms with van der Waals surface area (Å²) in [6, 6.07) is 0.816. The second-order valence-electron chi connectivity index (χ2n) is 6.56. The van der Waals surface area contributed by atoms with Crippen LogP contribution in [0.15, 0.2) is 0 Å². The number of rotatable bonds is 6. The quantitative estimate of drug-likeness (QED) is 0.752. The van der Waals surface area contributed by atoms with Crippen LogP contribution in [-0.2, 0) is 0 Å². The van der Waals surface area contributed by atoms with E-state index in [-0.39, 0.29) is 12.1 Å². The summed E-state index contributed by atoms with van der Waals surface area (Å²) in [4.78, 5) is 5.33. The van der Waals surface area contributed by atoms with E-state index in [4.69, 9.17) is 0 Å². The highest BCUT2D eigenvalue weighted by molar-refractivity contribution is 4.86. The molecule has 2 atom stereocenters. The molecular formula is C15H31N3O. The van der Waals surface area contributed by atoms with Crippen LogP contribution in [0.3, 0.4) is 0 Å². The minimum Gasteiger partial charge on any atom is -0.394 e. The monoisotopic (exact) mass is 269 g/mol. The molecule has 0 saturated carbocycles. The first-order valence-electron chi connectivity index (χ1n) is 7.93. The van der Waals surface area contributed by atoms with Crippen LogP contribution in [0.25, 0.3) is 0 Å². The molecule has 2 unspecified atom stereocenters. The lowest BCUT2D eigenvalue weighted by Crippen LogP contribution is -2.44. The number of likely N-dealkylation sites (N-methyl/N-ethyl adjacent to an activating group) is 1. The topological polar surface area (TPSA) is 38.7 Å². The van der Waals surface area contributed by atoms with Crippen LogP contribution in [0.5, 0.6) is 0 Å². The number of fused-ring (bicyclic) bond motifs is 1. The fraction of sp³-hybridized carbons (Fsp3) is 1.00. The third-order valence-corrected chi connectivity index (χ3v) is 5.04. The summed E-state index contributed by atoms with van der Waals surface area (Å²) >= 11 is 0. The fourth-order valence-electron chi connectivity index (χ4n) is 3.46. The van der Waals surface area contributed by atoms with Crippen molar-refractivity contribution in [3.63, 3.8) is 0 Å². The highest BCUT2D eigenvalue weighted by atomic mass is 16.3. The molecule has 112 valence electrons. The lowest BCUT2D eigenvalue weighted by molar-refractivity contribution is 0.161. The average Bonchev–Trinajstić information content (AvgIpc) is 2.77. The van der Waals surface area contributed by atoms with Crippen LogP contribution in [0, 0.1) is 0 Å². The van der Waals surface area contributed by atoms with Gasteiger partial charge in [-0.3, -0.25) is 4.90 Å². The standard InChI is InChI=1S/C15H31N3O/c1-15(13-19,16-2)7-4-8-17-9-5-11-18-10-3-6-14(18)12-17/h14,16,19H,3-13H2,1-2H3. The Morgan fingerprint density at radius 3 is 2.79 bits per heavy atom. The summed E-state index contributed by atoms with van der Waals surface area (Å²) in [6.45, 7) is 8.64. The van der Waals surface area contributed by atoms with Gasteiger partial charge in [-0.1, -0.05) is 0 Å². The Bertz CT molecular complexity index is 268. The van der Waals surface area contributed by atoms with Gasteiger partial charge in [0.1, 0.15) is 0 Å². The first-order chi connectivity index (χ1) is 9.17. The lowest BCUT2D eigenvalue weighted by atomic mass is 9.97. The van der Waals surface area contributed by atoms with E-state index in [1.165, 1.54) is 58.4 Å². The summed E-state index contributed by atoms with van der Waals surface area (Å²) in [7, 11) is 1.94. The third kappa shape index (κ3) is 4.15. The number of aliphatic hydroxyl groups is 1. The first kappa shape index (κ1) is 15.2. The van der Waals surface area contributed by atoms with Crippen molar-refractivity contribution < 1.29 is 5.11 Å². The minimum absolute atomic E-state index is 0.106. The normalized spacial score (nSPS) is 28.9. The SMILES string of the molecule is CNC(C)(CO)CCCN1CCCN2CCCC2C1. The van der Waals surface area contributed by atoms with Gasteiger partial charge in [0.25, 0.3) is 0 Å². The molecule has 19 heavy (non-hydrogen) atoms. The lowest BCUT2D eigenvalue weighted by Gasteiger charge is -2.29. The summed E-state index contributed by atoms with van der Waals surface area (Å²) in [5.74, 6) is 0. The average molecular weight is 269 g/mol. The molecule has 0 amide bonds. The van der Waals surface area contributed by atoms with Gasteiger partial charge in [-0.2, -0.15) is 0 Å². The van der Waals surface area contributed by atoms with E-state index in [9.17, 15) is 5.11 Å². The predicted octanol–water partition coefficient (Wildman–Crippen LogP) is 0.907. The second kappa shape index (κ2) is 7.02. The van der Waals surface area contributed by atoms with E-state index in [0.29, 0.717) is 0 Å². The maximum Gasteiger partial charge on any atom is 0.0610 e. The minimum atomic E-state index is -0.106. The molecule has 2 fully saturated rings. The van der Waals surface area contributed by atoms with E-state index in [0.717, 1.165) is 12.5 Å². The number of hydrogen-bond donors (Lipinski definition) is 2. The molecular weight excluding hydrogens is 238 g/mol. The van der Waals surface area contributed by atoms with Crippen LogP contribution < -0.4 is 5.32 Å². The molecule has 0 aromatic heterocycles. The van der Waals surface area contributed by atoms with Crippen molar-refractivity contribution in [2.45, 2.75) is 50.6 Å². The number of hydrogen-bond acceptors (Lipinski definition) is 4. The molecule has 0 bridgehead atoms. The van der Waals surface area contributed by atoms with Crippen molar-refractivity contribution in [1.82, 2.24) is 15.1 Å². The molecule has 4 nitrogen and oxygen atoms in total. The zero-order valence-electron chi connectivity index (χ0n) is 12.7. The van der Waals surface area contributed by atoms with E-state index < -0.39 is 0 Å². The van der Waals surface area contributed by atoms with Crippen molar-refractivity contribution in [3.05, 3.63) is 0 Å². The van der Waals surface area contributed by atoms with Crippen LogP contribution in [-0.4, -0.2) is 72.9 Å². The van der Waals surface area contributed by atoms with Crippen LogP contribution >= 0.6 is 0 Å². The Balaban J connectivity index is 1.73. The van der Waals surface area contributed by atoms with Crippen molar-refractivity contribution in [3.8, 4) is 0 Å². The molecule has 4 heteroatoms. The van der Waals surface area contributed by atoms with Gasteiger partial charge in [-0.15, -0.1) is 0 Å². The number of nitrogens with zero attached hydrogens (tertiary/aromatic N) is 2. The van der Waals surface area contributed by atoms with Crippen molar-refractivity contribution in [2.75, 3.05) is 46.4 Å². The molecule has 2 rings (SSSR count). The fourth-order valence-corrected chi connectivity index (χ4v) is 3.46. The maximum atomic E-state index is 9.41. The summed E-state index contributed by atoms with van der Waals surface area (Å²) in [5, 5.41) is 12.6. The highest BCUT2D eigenvalue weighted by Crippen LogP contribution is 2.21. The van der Waals surface area contributed by atoms with Gasteiger partial charge in [-0.05, 0) is 72.3 Å². The Hall–Kier alpha value is -0.160. The summed E-state index contributed by atoms with van der Waals surface area (Å²) < 4.78 is 0. The van der Waals surface area contributed by atoms with Crippen LogP contribution in [0.2, 0.25) is 0 Å². The zero-order chi connectivity index (χ0) is 13.7. The maximum absolute atomic E-state index is 9.41. The molecule has 0 aliphatic carbocycles. The number of nitrogens with one attached hydrogen (secondary N) is 1. The molecule has 2 aliphatic heterocycles. The molecule has 0 radical (unpaired) electrons. The predicted molar refractivity (Wildman–Crippen MR) is 79.4 cm³/mol. The Labute approximate surface area is 118 Å². The second-order valence-corrected chi connectivity index (χ2v) is 6.56. The van der Waals surface area contributed by atoms with Crippen molar-refractivity contribution in [2.24, 2.45) is 0 Å². The Morgan fingerprint density at radius 1 is 1.26 bits per heavy atom. The van der Waals surface area contributed by atoms with E-state index in [1.54, 1.807) is 0 Å². The zero-order valence-corrected chi connectivity index (χ0v) is 12.7. The van der Waals surface area contributed by atoms with Gasteiger partial charge in [0.15, 0.2) is 0 Å². The largest absolute Gasteiger partial charge is 0.394 e. The van der Waals surface area contributed by atoms with Gasteiger partial charge in [0.2, 0.25) is 0 Å². The van der Waals surface area contributed by atoms with E-state index in [2.05, 4.69) is 22.0 Å². The first-order valence-corrected chi connectivity index (χ1v) is 7.93. The third-order valence-electron chi connectivity index (χ3n) is 5.04. The van der Waals surface area contributed by atoms with Gasteiger partial charge in [0, 0.05) is 18.1 Å². The Morgan fingerprint density at radius 2 is 2.05 bits per heavy atom. The Kier molecular flexibility index (Phi) is 5.63. The molecule has 0 aromatic carbocycles. The molecule has 0 spiro atoms. The highest BCUT2D eigenvalue weighted by Gasteiger charge is 2.28. The van der Waals surface area contributed by atoms with Crippen molar-refractivity contribution >= 4 is 0 Å². The van der Waals surface area contributed by atoms with E-state index >= 15 is 0 Å². The molecule has 2 heterocycles. The molecule has 0 aromatic rings. The van der Waals surface area contributed by atoms with Gasteiger partial charge < -0.3 is 15.3 Å².